The second kappa shape index (κ2) is 3.51. The Hall–Kier alpha value is -2.61. The van der Waals surface area contributed by atoms with Crippen molar-refractivity contribution in [3.05, 3.63) is 35.4 Å². The average molecular weight is 215 g/mol. The molecule has 0 aromatic heterocycles. The molecule has 0 saturated carbocycles. The number of imide groups is 1. The molecule has 0 atom stereocenters. The summed E-state index contributed by atoms with van der Waals surface area (Å²) in [5.74, 6) is -0.817. The average Bonchev–Trinajstić information content (AvgIpc) is 2.55. The zero-order valence-electron chi connectivity index (χ0n) is 7.97. The number of terminal acetylenes is 1. The van der Waals surface area contributed by atoms with E-state index in [1.807, 2.05) is 0 Å². The van der Waals surface area contributed by atoms with E-state index in [0.717, 1.165) is 0 Å². The third-order valence-corrected chi connectivity index (χ3v) is 2.05. The highest BCUT2D eigenvalue weighted by atomic mass is 16.7. The van der Waals surface area contributed by atoms with Crippen LogP contribution in [0, 0.1) is 12.3 Å². The van der Waals surface area contributed by atoms with Crippen molar-refractivity contribution < 1.29 is 19.2 Å². The van der Waals surface area contributed by atoms with Crippen LogP contribution in [0.5, 0.6) is 0 Å². The molecule has 5 heteroatoms. The minimum Gasteiger partial charge on any atom is -0.317 e. The molecule has 0 N–H and O–H groups in total. The van der Waals surface area contributed by atoms with Crippen molar-refractivity contribution in [3.63, 3.8) is 0 Å². The number of hydrogen-bond acceptors (Lipinski definition) is 4. The molecule has 1 aliphatic heterocycles. The van der Waals surface area contributed by atoms with Crippen LogP contribution in [0.1, 0.15) is 20.7 Å². The molecule has 0 radical (unpaired) electrons. The second-order valence-corrected chi connectivity index (χ2v) is 2.97. The lowest BCUT2D eigenvalue weighted by Gasteiger charge is -2.09. The van der Waals surface area contributed by atoms with Crippen molar-refractivity contribution in [2.24, 2.45) is 0 Å². The first-order valence-electron chi connectivity index (χ1n) is 4.31. The number of hydrogen-bond donors (Lipinski definition) is 0. The van der Waals surface area contributed by atoms with Gasteiger partial charge in [-0.15, -0.1) is 6.42 Å². The van der Waals surface area contributed by atoms with Gasteiger partial charge in [0, 0.05) is 5.92 Å². The summed E-state index contributed by atoms with van der Waals surface area (Å²) in [5.41, 5.74) is 0.384. The van der Waals surface area contributed by atoms with Crippen LogP contribution < -0.4 is 0 Å². The number of nitrogens with zero attached hydrogens (tertiary/aromatic N) is 1. The molecule has 0 unspecified atom stereocenters. The Morgan fingerprint density at radius 3 is 2.12 bits per heavy atom. The molecule has 5 nitrogen and oxygen atoms in total. The molecule has 1 aliphatic rings. The lowest BCUT2D eigenvalue weighted by molar-refractivity contribution is -0.160. The molecule has 1 aromatic carbocycles. The van der Waals surface area contributed by atoms with Gasteiger partial charge in [0.2, 0.25) is 0 Å². The van der Waals surface area contributed by atoms with Crippen molar-refractivity contribution in [2.75, 3.05) is 0 Å². The highest BCUT2D eigenvalue weighted by Gasteiger charge is 2.38. The molecule has 1 aromatic rings. The number of amides is 2. The van der Waals surface area contributed by atoms with Gasteiger partial charge in [0.05, 0.1) is 11.1 Å². The first kappa shape index (κ1) is 9.93. The number of hydroxylamine groups is 2. The third-order valence-electron chi connectivity index (χ3n) is 2.05. The molecule has 16 heavy (non-hydrogen) atoms. The summed E-state index contributed by atoms with van der Waals surface area (Å²) in [6, 6.07) is 6.16. The van der Waals surface area contributed by atoms with Gasteiger partial charge < -0.3 is 4.84 Å². The lowest BCUT2D eigenvalue weighted by Crippen LogP contribution is -2.32. The van der Waals surface area contributed by atoms with E-state index in [0.29, 0.717) is 5.06 Å². The maximum atomic E-state index is 11.6. The Labute approximate surface area is 90.6 Å². The Balaban J connectivity index is 2.36. The quantitative estimate of drug-likeness (QED) is 0.501. The van der Waals surface area contributed by atoms with E-state index in [9.17, 15) is 14.4 Å². The molecule has 0 saturated heterocycles. The van der Waals surface area contributed by atoms with Crippen LogP contribution in [0.2, 0.25) is 0 Å². The van der Waals surface area contributed by atoms with Crippen LogP contribution in [-0.4, -0.2) is 22.8 Å². The molecule has 2 rings (SSSR count). The van der Waals surface area contributed by atoms with Crippen LogP contribution in [0.3, 0.4) is 0 Å². The van der Waals surface area contributed by atoms with Gasteiger partial charge in [0.1, 0.15) is 0 Å². The molecular formula is C11H5NO4. The Morgan fingerprint density at radius 1 is 1.19 bits per heavy atom. The van der Waals surface area contributed by atoms with Crippen molar-refractivity contribution >= 4 is 17.8 Å². The minimum atomic E-state index is -1.09. The summed E-state index contributed by atoms with van der Waals surface area (Å²) in [7, 11) is 0. The van der Waals surface area contributed by atoms with Gasteiger partial charge in [-0.25, -0.2) is 4.79 Å². The minimum absolute atomic E-state index is 0.192. The number of fused-ring (bicyclic) bond motifs is 1. The topological polar surface area (TPSA) is 63.7 Å². The smallest absolute Gasteiger partial charge is 0.317 e. The highest BCUT2D eigenvalue weighted by molar-refractivity contribution is 6.21. The molecule has 1 heterocycles. The van der Waals surface area contributed by atoms with Gasteiger partial charge in [-0.1, -0.05) is 17.2 Å². The summed E-state index contributed by atoms with van der Waals surface area (Å²) in [6.45, 7) is 0. The van der Waals surface area contributed by atoms with Gasteiger partial charge in [0.25, 0.3) is 11.8 Å². The number of benzene rings is 1. The largest absolute Gasteiger partial charge is 0.408 e. The standard InChI is InChI=1S/C11H5NO4/c1-2-9(13)16-12-10(14)7-5-3-4-6-8(7)11(12)15/h1,3-6H. The summed E-state index contributed by atoms with van der Waals surface area (Å²) in [6.07, 6.45) is 4.77. The van der Waals surface area contributed by atoms with Crippen LogP contribution in [0.25, 0.3) is 0 Å². The van der Waals surface area contributed by atoms with E-state index >= 15 is 0 Å². The fraction of sp³-hybridized carbons (Fsp3) is 0. The van der Waals surface area contributed by atoms with E-state index in [4.69, 9.17) is 6.42 Å². The first-order chi connectivity index (χ1) is 7.65. The summed E-state index contributed by atoms with van der Waals surface area (Å²) < 4.78 is 0. The van der Waals surface area contributed by atoms with Crippen molar-refractivity contribution in [2.45, 2.75) is 0 Å². The van der Waals surface area contributed by atoms with Crippen LogP contribution in [0.15, 0.2) is 24.3 Å². The van der Waals surface area contributed by atoms with Crippen LogP contribution in [-0.2, 0) is 9.63 Å². The summed E-state index contributed by atoms with van der Waals surface area (Å²) in [5, 5.41) is 0.368. The number of rotatable bonds is 1. The molecule has 0 bridgehead atoms. The van der Waals surface area contributed by atoms with Crippen LogP contribution in [0.4, 0.5) is 0 Å². The van der Waals surface area contributed by atoms with Crippen molar-refractivity contribution in [1.29, 1.82) is 0 Å². The molecule has 2 amide bonds. The van der Waals surface area contributed by atoms with E-state index in [2.05, 4.69) is 4.84 Å². The second-order valence-electron chi connectivity index (χ2n) is 2.97. The summed E-state index contributed by atoms with van der Waals surface area (Å²) >= 11 is 0. The van der Waals surface area contributed by atoms with Gasteiger partial charge in [-0.3, -0.25) is 9.59 Å². The Morgan fingerprint density at radius 2 is 1.69 bits per heavy atom. The fourth-order valence-corrected chi connectivity index (χ4v) is 1.36. The van der Waals surface area contributed by atoms with Gasteiger partial charge in [-0.2, -0.15) is 0 Å². The SMILES string of the molecule is C#CC(=O)ON1C(=O)c2ccccc2C1=O. The molecule has 0 aliphatic carbocycles. The van der Waals surface area contributed by atoms with Gasteiger partial charge in [0.15, 0.2) is 0 Å². The van der Waals surface area contributed by atoms with Gasteiger partial charge in [-0.05, 0) is 12.1 Å². The number of carbonyl (C=O) groups excluding carboxylic acids is 3. The number of carbonyl (C=O) groups is 3. The molecular weight excluding hydrogens is 210 g/mol. The predicted octanol–water partition coefficient (Wildman–Crippen LogP) is 0.374. The molecule has 0 spiro atoms. The van der Waals surface area contributed by atoms with Crippen molar-refractivity contribution in [3.8, 4) is 12.3 Å². The Bertz CT molecular complexity index is 506. The molecule has 78 valence electrons. The van der Waals surface area contributed by atoms with Gasteiger partial charge >= 0.3 is 5.97 Å². The van der Waals surface area contributed by atoms with Crippen molar-refractivity contribution in [1.82, 2.24) is 5.06 Å². The highest BCUT2D eigenvalue weighted by Crippen LogP contribution is 2.22. The lowest BCUT2D eigenvalue weighted by atomic mass is 10.1. The van der Waals surface area contributed by atoms with Crippen LogP contribution >= 0.6 is 0 Å². The van der Waals surface area contributed by atoms with E-state index in [1.54, 1.807) is 18.1 Å². The predicted molar refractivity (Wildman–Crippen MR) is 51.9 cm³/mol. The normalized spacial score (nSPS) is 13.3. The maximum absolute atomic E-state index is 11.6. The molecule has 0 fully saturated rings. The monoisotopic (exact) mass is 215 g/mol. The Kier molecular flexibility index (Phi) is 2.18. The zero-order valence-corrected chi connectivity index (χ0v) is 7.97. The summed E-state index contributed by atoms with van der Waals surface area (Å²) in [4.78, 5) is 38.5. The third kappa shape index (κ3) is 1.33. The zero-order chi connectivity index (χ0) is 11.7. The maximum Gasteiger partial charge on any atom is 0.408 e. The first-order valence-corrected chi connectivity index (χ1v) is 4.31. The fourth-order valence-electron chi connectivity index (χ4n) is 1.36. The van der Waals surface area contributed by atoms with E-state index in [-0.39, 0.29) is 11.1 Å². The van der Waals surface area contributed by atoms with E-state index < -0.39 is 17.8 Å². The van der Waals surface area contributed by atoms with E-state index in [1.165, 1.54) is 12.1 Å².